The summed E-state index contributed by atoms with van der Waals surface area (Å²) in [6.07, 6.45) is -1.67. The van der Waals surface area contributed by atoms with Gasteiger partial charge in [0.2, 0.25) is 0 Å². The van der Waals surface area contributed by atoms with E-state index >= 15 is 0 Å². The molecule has 4 fully saturated rings. The van der Waals surface area contributed by atoms with Crippen LogP contribution in [0.4, 0.5) is 0 Å². The summed E-state index contributed by atoms with van der Waals surface area (Å²) >= 11 is 0. The number of Topliss-reactive ketones (excluding diaryl/α,β-unsaturated/α-hetero) is 1. The first-order valence-corrected chi connectivity index (χ1v) is 10.1. The first-order chi connectivity index (χ1) is 13.0. The normalized spacial score (nSPS) is 56.7. The molecule has 5 rings (SSSR count). The van der Waals surface area contributed by atoms with E-state index in [9.17, 15) is 24.9 Å². The lowest BCUT2D eigenvalue weighted by molar-refractivity contribution is -0.323. The Morgan fingerprint density at radius 3 is 2.50 bits per heavy atom. The minimum Gasteiger partial charge on any atom is -0.454 e. The maximum atomic E-state index is 13.6. The van der Waals surface area contributed by atoms with E-state index in [0.717, 1.165) is 5.57 Å². The summed E-state index contributed by atoms with van der Waals surface area (Å²) in [6.45, 7) is 6.92. The van der Waals surface area contributed by atoms with Crippen LogP contribution < -0.4 is 0 Å². The minimum absolute atomic E-state index is 0.133. The van der Waals surface area contributed by atoms with E-state index in [0.29, 0.717) is 18.4 Å². The first-order valence-electron chi connectivity index (χ1n) is 10.1. The number of fused-ring (bicyclic) bond motifs is 5. The lowest BCUT2D eigenvalue weighted by Gasteiger charge is -2.62. The van der Waals surface area contributed by atoms with E-state index in [1.807, 2.05) is 13.8 Å². The largest absolute Gasteiger partial charge is 0.454 e. The monoisotopic (exact) mass is 392 g/mol. The molecule has 0 aromatic rings. The van der Waals surface area contributed by atoms with Crippen LogP contribution in [0.2, 0.25) is 0 Å². The Labute approximate surface area is 163 Å². The molecule has 1 heterocycles. The van der Waals surface area contributed by atoms with Gasteiger partial charge in [-0.05, 0) is 32.3 Å². The van der Waals surface area contributed by atoms with E-state index in [2.05, 4.69) is 0 Å². The summed E-state index contributed by atoms with van der Waals surface area (Å²) in [7, 11) is 0. The number of carbonyl (C=O) groups excluding carboxylic acids is 2. The van der Waals surface area contributed by atoms with Gasteiger partial charge < -0.3 is 24.8 Å². The van der Waals surface area contributed by atoms with Gasteiger partial charge in [-0.3, -0.25) is 9.59 Å². The zero-order valence-corrected chi connectivity index (χ0v) is 16.7. The number of esters is 1. The molecule has 0 radical (unpaired) electrons. The molecule has 1 saturated heterocycles. The van der Waals surface area contributed by atoms with Crippen molar-refractivity contribution in [3.63, 3.8) is 0 Å². The van der Waals surface area contributed by atoms with Crippen LogP contribution >= 0.6 is 0 Å². The molecule has 28 heavy (non-hydrogen) atoms. The molecule has 3 saturated carbocycles. The fourth-order valence-corrected chi connectivity index (χ4v) is 7.49. The van der Waals surface area contributed by atoms with Crippen molar-refractivity contribution in [3.05, 3.63) is 11.1 Å². The number of carbonyl (C=O) groups is 2. The number of allylic oxidation sites excluding steroid dienone is 1. The zero-order valence-electron chi connectivity index (χ0n) is 16.7. The molecular formula is C21H28O7. The Kier molecular flexibility index (Phi) is 3.39. The zero-order chi connectivity index (χ0) is 20.4. The number of hydrogen-bond acceptors (Lipinski definition) is 7. The summed E-state index contributed by atoms with van der Waals surface area (Å²) in [5.74, 6) is -1.96. The molecule has 7 heteroatoms. The van der Waals surface area contributed by atoms with Crippen molar-refractivity contribution in [1.29, 1.82) is 0 Å². The van der Waals surface area contributed by atoms with Gasteiger partial charge in [0.05, 0.1) is 23.7 Å². The molecule has 0 spiro atoms. The molecule has 3 N–H and O–H groups in total. The van der Waals surface area contributed by atoms with Crippen molar-refractivity contribution in [3.8, 4) is 0 Å². The highest BCUT2D eigenvalue weighted by molar-refractivity contribution is 5.94. The highest BCUT2D eigenvalue weighted by Gasteiger charge is 2.87. The number of ether oxygens (including phenoxy) is 2. The average Bonchev–Trinajstić information content (AvgIpc) is 3.12. The molecular weight excluding hydrogens is 364 g/mol. The summed E-state index contributed by atoms with van der Waals surface area (Å²) < 4.78 is 11.5. The van der Waals surface area contributed by atoms with Crippen LogP contribution in [0.25, 0.3) is 0 Å². The Bertz CT molecular complexity index is 835. The summed E-state index contributed by atoms with van der Waals surface area (Å²) in [5, 5.41) is 33.8. The van der Waals surface area contributed by atoms with Crippen molar-refractivity contribution in [1.82, 2.24) is 0 Å². The smallest absolute Gasteiger partial charge is 0.303 e. The van der Waals surface area contributed by atoms with Gasteiger partial charge in [-0.15, -0.1) is 0 Å². The van der Waals surface area contributed by atoms with E-state index in [1.165, 1.54) is 6.92 Å². The second kappa shape index (κ2) is 5.06. The van der Waals surface area contributed by atoms with Crippen molar-refractivity contribution < 1.29 is 34.4 Å². The molecule has 0 aromatic heterocycles. The third kappa shape index (κ3) is 1.69. The van der Waals surface area contributed by atoms with Gasteiger partial charge in [-0.1, -0.05) is 12.5 Å². The van der Waals surface area contributed by atoms with Crippen LogP contribution in [-0.2, 0) is 19.1 Å². The van der Waals surface area contributed by atoms with Gasteiger partial charge in [0.15, 0.2) is 11.4 Å². The van der Waals surface area contributed by atoms with Gasteiger partial charge >= 0.3 is 5.97 Å². The Balaban J connectivity index is 1.78. The molecule has 0 bridgehead atoms. The van der Waals surface area contributed by atoms with E-state index < -0.39 is 63.9 Å². The van der Waals surface area contributed by atoms with Gasteiger partial charge in [-0.2, -0.15) is 0 Å². The molecule has 1 aliphatic heterocycles. The van der Waals surface area contributed by atoms with Crippen LogP contribution in [0.15, 0.2) is 11.1 Å². The van der Waals surface area contributed by atoms with Gasteiger partial charge in [0.1, 0.15) is 12.2 Å². The fraction of sp³-hybridized carbons (Fsp3) is 0.810. The van der Waals surface area contributed by atoms with E-state index in [1.54, 1.807) is 6.92 Å². The number of hydrogen-bond donors (Lipinski definition) is 3. The maximum Gasteiger partial charge on any atom is 0.303 e. The van der Waals surface area contributed by atoms with Crippen molar-refractivity contribution in [2.45, 2.75) is 76.5 Å². The summed E-state index contributed by atoms with van der Waals surface area (Å²) in [5.41, 5.74) is -2.77. The Morgan fingerprint density at radius 2 is 1.93 bits per heavy atom. The molecule has 154 valence electrons. The number of aliphatic hydroxyl groups is 3. The lowest BCUT2D eigenvalue weighted by atomic mass is 9.52. The highest BCUT2D eigenvalue weighted by Crippen LogP contribution is 2.80. The minimum atomic E-state index is -1.38. The molecule has 7 nitrogen and oxygen atoms in total. The van der Waals surface area contributed by atoms with Crippen molar-refractivity contribution >= 4 is 11.8 Å². The SMILES string of the molecule is CC(=O)OC12COC1C[C@H](O)[C@@]1(C)C(=O)C(O)C3=C(C)CC[C@@]4(O)C(C21)[C@@]34C. The average molecular weight is 392 g/mol. The highest BCUT2D eigenvalue weighted by atomic mass is 16.6. The second-order valence-corrected chi connectivity index (χ2v) is 9.93. The van der Waals surface area contributed by atoms with Gasteiger partial charge in [0.25, 0.3) is 0 Å². The van der Waals surface area contributed by atoms with Crippen LogP contribution in [-0.4, -0.2) is 63.2 Å². The second-order valence-electron chi connectivity index (χ2n) is 9.93. The topological polar surface area (TPSA) is 113 Å². The molecule has 9 atom stereocenters. The molecule has 5 aliphatic rings. The van der Waals surface area contributed by atoms with Crippen LogP contribution in [0.5, 0.6) is 0 Å². The molecule has 0 amide bonds. The number of aliphatic hydroxyl groups excluding tert-OH is 2. The predicted octanol–water partition coefficient (Wildman–Crippen LogP) is 0.495. The van der Waals surface area contributed by atoms with Crippen LogP contribution in [0.3, 0.4) is 0 Å². The number of ketones is 1. The lowest BCUT2D eigenvalue weighted by Crippen LogP contribution is -2.76. The Hall–Kier alpha value is -1.28. The maximum absolute atomic E-state index is 13.6. The predicted molar refractivity (Wildman–Crippen MR) is 96.0 cm³/mol. The molecule has 0 aromatic carbocycles. The van der Waals surface area contributed by atoms with Gasteiger partial charge in [-0.25, -0.2) is 0 Å². The third-order valence-electron chi connectivity index (χ3n) is 8.93. The van der Waals surface area contributed by atoms with Crippen molar-refractivity contribution in [2.24, 2.45) is 22.7 Å². The van der Waals surface area contributed by atoms with Crippen LogP contribution in [0.1, 0.15) is 47.0 Å². The Morgan fingerprint density at radius 1 is 1.25 bits per heavy atom. The molecule has 4 aliphatic carbocycles. The van der Waals surface area contributed by atoms with E-state index in [4.69, 9.17) is 9.47 Å². The first kappa shape index (κ1) is 18.7. The number of rotatable bonds is 1. The summed E-state index contributed by atoms with van der Waals surface area (Å²) in [6, 6.07) is 0. The standard InChI is InChI=1S/C21H28O7/c1-9-5-6-21(26)16-15-18(3,17(25)14(24)13(9)19(16,21)4)11(23)7-12-20(15,8-27-12)28-10(2)22/h11-12,14-16,23-24,26H,5-8H2,1-4H3/t11-,12?,14?,15?,16?,18+,19+,20?,21+/m0/s1. The van der Waals surface area contributed by atoms with Crippen molar-refractivity contribution in [2.75, 3.05) is 6.61 Å². The summed E-state index contributed by atoms with van der Waals surface area (Å²) in [4.78, 5) is 25.6. The fourth-order valence-electron chi connectivity index (χ4n) is 7.49. The van der Waals surface area contributed by atoms with E-state index in [-0.39, 0.29) is 13.0 Å². The quantitative estimate of drug-likeness (QED) is 0.440. The van der Waals surface area contributed by atoms with Crippen LogP contribution in [0, 0.1) is 22.7 Å². The van der Waals surface area contributed by atoms with Gasteiger partial charge in [0, 0.05) is 30.6 Å². The third-order valence-corrected chi connectivity index (χ3v) is 8.93. The molecule has 5 unspecified atom stereocenters.